The van der Waals surface area contributed by atoms with Gasteiger partial charge >= 0.3 is 0 Å². The minimum atomic E-state index is -0.102. The van der Waals surface area contributed by atoms with Gasteiger partial charge in [0.15, 0.2) is 6.04 Å². The predicted molar refractivity (Wildman–Crippen MR) is 91.9 cm³/mol. The van der Waals surface area contributed by atoms with Crippen LogP contribution in [0, 0.1) is 6.92 Å². The van der Waals surface area contributed by atoms with E-state index >= 15 is 0 Å². The second-order valence-electron chi connectivity index (χ2n) is 5.27. The minimum Gasteiger partial charge on any atom is -0.323 e. The number of aryl methyl sites for hydroxylation is 1. The molecule has 0 spiro atoms. The molecule has 0 saturated carbocycles. The van der Waals surface area contributed by atoms with Gasteiger partial charge in [0.2, 0.25) is 0 Å². The summed E-state index contributed by atoms with van der Waals surface area (Å²) in [4.78, 5) is 14.8. The smallest absolute Gasteiger partial charge is 0.282 e. The van der Waals surface area contributed by atoms with Crippen LogP contribution in [0.4, 0.5) is 5.69 Å². The standard InChI is InChI=1S/C16H19BrN2OS/c1-11-8-9-21-15(11)10-19(3)12(2)16(20)18-14-6-4-13(17)5-7-14/h4-9,12H,10H2,1-3H3,(H,18,20)/p+1/t12-/m1/s1. The van der Waals surface area contributed by atoms with E-state index in [0.29, 0.717) is 0 Å². The number of amides is 1. The van der Waals surface area contributed by atoms with Gasteiger partial charge in [-0.25, -0.2) is 0 Å². The summed E-state index contributed by atoms with van der Waals surface area (Å²) in [5.41, 5.74) is 2.13. The molecule has 3 nitrogen and oxygen atoms in total. The van der Waals surface area contributed by atoms with Crippen molar-refractivity contribution >= 4 is 38.9 Å². The van der Waals surface area contributed by atoms with E-state index in [1.807, 2.05) is 31.2 Å². The first-order valence-corrected chi connectivity index (χ1v) is 8.56. The number of hydrogen-bond acceptors (Lipinski definition) is 2. The molecule has 2 aromatic rings. The lowest BCUT2D eigenvalue weighted by Gasteiger charge is -2.21. The Bertz CT molecular complexity index is 609. The Morgan fingerprint density at radius 2 is 2.00 bits per heavy atom. The average Bonchev–Trinajstić information content (AvgIpc) is 2.86. The van der Waals surface area contributed by atoms with Crippen LogP contribution in [-0.2, 0) is 11.3 Å². The maximum atomic E-state index is 12.3. The zero-order valence-electron chi connectivity index (χ0n) is 12.4. The molecular formula is C16H20BrN2OS+. The number of anilines is 1. The highest BCUT2D eigenvalue weighted by molar-refractivity contribution is 9.10. The van der Waals surface area contributed by atoms with E-state index in [4.69, 9.17) is 0 Å². The number of rotatable bonds is 5. The third-order valence-electron chi connectivity index (χ3n) is 3.65. The van der Waals surface area contributed by atoms with Crippen LogP contribution in [0.3, 0.4) is 0 Å². The van der Waals surface area contributed by atoms with Crippen LogP contribution in [0.5, 0.6) is 0 Å². The topological polar surface area (TPSA) is 33.5 Å². The zero-order chi connectivity index (χ0) is 15.4. The number of thiophene rings is 1. The van der Waals surface area contributed by atoms with E-state index in [1.54, 1.807) is 11.3 Å². The third-order valence-corrected chi connectivity index (χ3v) is 5.20. The molecule has 2 N–H and O–H groups in total. The van der Waals surface area contributed by atoms with Crippen LogP contribution in [-0.4, -0.2) is 19.0 Å². The molecule has 1 aromatic heterocycles. The van der Waals surface area contributed by atoms with Crippen molar-refractivity contribution in [3.05, 3.63) is 50.6 Å². The summed E-state index contributed by atoms with van der Waals surface area (Å²) in [6, 6.07) is 9.66. The molecule has 5 heteroatoms. The summed E-state index contributed by atoms with van der Waals surface area (Å²) in [5.74, 6) is 0.0454. The number of benzene rings is 1. The van der Waals surface area contributed by atoms with Gasteiger partial charge in [-0.15, -0.1) is 11.3 Å². The Labute approximate surface area is 138 Å². The summed E-state index contributed by atoms with van der Waals surface area (Å²) in [6.45, 7) is 4.95. The van der Waals surface area contributed by atoms with Gasteiger partial charge in [-0.3, -0.25) is 4.79 Å². The van der Waals surface area contributed by atoms with E-state index in [0.717, 1.165) is 16.7 Å². The summed E-state index contributed by atoms with van der Waals surface area (Å²) in [5, 5.41) is 5.07. The molecule has 21 heavy (non-hydrogen) atoms. The third kappa shape index (κ3) is 4.40. The Balaban J connectivity index is 1.95. The predicted octanol–water partition coefficient (Wildman–Crippen LogP) is 2.86. The van der Waals surface area contributed by atoms with E-state index in [9.17, 15) is 4.79 Å². The summed E-state index contributed by atoms with van der Waals surface area (Å²) < 4.78 is 1.00. The van der Waals surface area contributed by atoms with Crippen molar-refractivity contribution in [2.75, 3.05) is 12.4 Å². The number of nitrogens with one attached hydrogen (secondary N) is 2. The fourth-order valence-electron chi connectivity index (χ4n) is 2.00. The Morgan fingerprint density at radius 1 is 1.33 bits per heavy atom. The molecule has 0 aliphatic rings. The van der Waals surface area contributed by atoms with Gasteiger partial charge in [-0.05, 0) is 55.1 Å². The first-order valence-electron chi connectivity index (χ1n) is 6.89. The van der Waals surface area contributed by atoms with Crippen LogP contribution in [0.2, 0.25) is 0 Å². The van der Waals surface area contributed by atoms with Crippen molar-refractivity contribution in [3.63, 3.8) is 0 Å². The Kier molecular flexibility index (Phi) is 5.56. The minimum absolute atomic E-state index is 0.0454. The fraction of sp³-hybridized carbons (Fsp3) is 0.312. The second kappa shape index (κ2) is 7.20. The van der Waals surface area contributed by atoms with Gasteiger partial charge in [-0.1, -0.05) is 15.9 Å². The molecule has 2 rings (SSSR count). The first-order chi connectivity index (χ1) is 9.97. The highest BCUT2D eigenvalue weighted by atomic mass is 79.9. The first kappa shape index (κ1) is 16.2. The molecule has 0 radical (unpaired) electrons. The van der Waals surface area contributed by atoms with Crippen molar-refractivity contribution in [1.82, 2.24) is 0 Å². The van der Waals surface area contributed by atoms with Gasteiger partial charge < -0.3 is 10.2 Å². The number of hydrogen-bond donors (Lipinski definition) is 2. The van der Waals surface area contributed by atoms with Crippen molar-refractivity contribution in [3.8, 4) is 0 Å². The lowest BCUT2D eigenvalue weighted by molar-refractivity contribution is -0.907. The molecule has 1 amide bonds. The van der Waals surface area contributed by atoms with Crippen molar-refractivity contribution in [1.29, 1.82) is 0 Å². The summed E-state index contributed by atoms with van der Waals surface area (Å²) >= 11 is 5.14. The van der Waals surface area contributed by atoms with Gasteiger partial charge in [0, 0.05) is 10.2 Å². The van der Waals surface area contributed by atoms with Crippen LogP contribution in [0.25, 0.3) is 0 Å². The normalized spacial score (nSPS) is 13.7. The number of halogens is 1. The lowest BCUT2D eigenvalue weighted by Crippen LogP contribution is -3.12. The molecule has 1 aromatic carbocycles. The fourth-order valence-corrected chi connectivity index (χ4v) is 3.26. The zero-order valence-corrected chi connectivity index (χ0v) is 14.8. The van der Waals surface area contributed by atoms with Gasteiger partial charge in [0.05, 0.1) is 11.9 Å². The highest BCUT2D eigenvalue weighted by Crippen LogP contribution is 2.15. The van der Waals surface area contributed by atoms with Crippen LogP contribution < -0.4 is 10.2 Å². The lowest BCUT2D eigenvalue weighted by atomic mass is 10.2. The molecule has 0 bridgehead atoms. The molecular weight excluding hydrogens is 348 g/mol. The van der Waals surface area contributed by atoms with E-state index in [1.165, 1.54) is 15.3 Å². The van der Waals surface area contributed by atoms with E-state index in [-0.39, 0.29) is 11.9 Å². The average molecular weight is 368 g/mol. The number of quaternary nitrogens is 1. The molecule has 1 unspecified atom stereocenters. The van der Waals surface area contributed by atoms with Gasteiger partial charge in [-0.2, -0.15) is 0 Å². The largest absolute Gasteiger partial charge is 0.323 e. The number of carbonyl (C=O) groups excluding carboxylic acids is 1. The van der Waals surface area contributed by atoms with E-state index in [2.05, 4.69) is 46.7 Å². The number of carbonyl (C=O) groups is 1. The van der Waals surface area contributed by atoms with Gasteiger partial charge in [0.25, 0.3) is 5.91 Å². The molecule has 0 fully saturated rings. The molecule has 0 aliphatic carbocycles. The summed E-state index contributed by atoms with van der Waals surface area (Å²) in [6.07, 6.45) is 0. The van der Waals surface area contributed by atoms with Crippen molar-refractivity contribution in [2.24, 2.45) is 0 Å². The summed E-state index contributed by atoms with van der Waals surface area (Å²) in [7, 11) is 2.06. The molecule has 2 atom stereocenters. The Hall–Kier alpha value is -1.17. The van der Waals surface area contributed by atoms with E-state index < -0.39 is 0 Å². The maximum Gasteiger partial charge on any atom is 0.282 e. The van der Waals surface area contributed by atoms with Crippen LogP contribution in [0.1, 0.15) is 17.4 Å². The van der Waals surface area contributed by atoms with Crippen LogP contribution >= 0.6 is 27.3 Å². The second-order valence-corrected chi connectivity index (χ2v) is 7.18. The SMILES string of the molecule is Cc1ccsc1C[NH+](C)[C@H](C)C(=O)Nc1ccc(Br)cc1. The molecule has 112 valence electrons. The Morgan fingerprint density at radius 3 is 2.57 bits per heavy atom. The number of likely N-dealkylation sites (N-methyl/N-ethyl adjacent to an activating group) is 1. The quantitative estimate of drug-likeness (QED) is 0.836. The van der Waals surface area contributed by atoms with Crippen molar-refractivity contribution in [2.45, 2.75) is 26.4 Å². The molecule has 0 saturated heterocycles. The molecule has 1 heterocycles. The monoisotopic (exact) mass is 367 g/mol. The highest BCUT2D eigenvalue weighted by Gasteiger charge is 2.22. The van der Waals surface area contributed by atoms with Gasteiger partial charge in [0.1, 0.15) is 6.54 Å². The maximum absolute atomic E-state index is 12.3. The molecule has 0 aliphatic heterocycles. The van der Waals surface area contributed by atoms with Crippen LogP contribution in [0.15, 0.2) is 40.2 Å². The van der Waals surface area contributed by atoms with Crippen molar-refractivity contribution < 1.29 is 9.69 Å².